The number of hydrogen-bond donors (Lipinski definition) is 2. The molecule has 3 rings (SSSR count). The van der Waals surface area contributed by atoms with Crippen molar-refractivity contribution < 1.29 is 9.59 Å². The molecule has 0 unspecified atom stereocenters. The molecule has 142 valence electrons. The molecule has 1 aliphatic heterocycles. The van der Waals surface area contributed by atoms with E-state index in [2.05, 4.69) is 42.3 Å². The first-order valence-electron chi connectivity index (χ1n) is 9.14. The first-order chi connectivity index (χ1) is 12.9. The molecule has 1 aliphatic rings. The van der Waals surface area contributed by atoms with E-state index in [0.29, 0.717) is 37.6 Å². The average molecular weight is 366 g/mol. The van der Waals surface area contributed by atoms with Gasteiger partial charge in [-0.2, -0.15) is 0 Å². The molecule has 0 aromatic heterocycles. The minimum Gasteiger partial charge on any atom is -0.397 e. The summed E-state index contributed by atoms with van der Waals surface area (Å²) in [6, 6.07) is 11.6. The van der Waals surface area contributed by atoms with Crippen molar-refractivity contribution in [3.63, 3.8) is 0 Å². The van der Waals surface area contributed by atoms with Gasteiger partial charge in [0.05, 0.1) is 11.4 Å². The Labute approximate surface area is 159 Å². The Morgan fingerprint density at radius 2 is 1.70 bits per heavy atom. The summed E-state index contributed by atoms with van der Waals surface area (Å²) in [6.45, 7) is 8.57. The lowest BCUT2D eigenvalue weighted by molar-refractivity contribution is -0.143. The third-order valence-electron chi connectivity index (χ3n) is 5.13. The summed E-state index contributed by atoms with van der Waals surface area (Å²) in [5.74, 6) is -1.17. The van der Waals surface area contributed by atoms with E-state index in [4.69, 9.17) is 5.73 Å². The standard InChI is InChI=1S/C21H26N4O2/c1-14-7-8-18(17(22)13-14)23-20(26)21(27)25-11-9-24(10-12-25)19-6-4-5-15(2)16(19)3/h4-8,13H,9-12,22H2,1-3H3,(H,23,26). The largest absolute Gasteiger partial charge is 0.397 e. The maximum absolute atomic E-state index is 12.5. The summed E-state index contributed by atoms with van der Waals surface area (Å²) < 4.78 is 0. The van der Waals surface area contributed by atoms with Gasteiger partial charge in [-0.1, -0.05) is 18.2 Å². The maximum atomic E-state index is 12.5. The zero-order chi connectivity index (χ0) is 19.6. The second-order valence-electron chi connectivity index (χ2n) is 7.04. The van der Waals surface area contributed by atoms with Gasteiger partial charge in [-0.3, -0.25) is 9.59 Å². The van der Waals surface area contributed by atoms with Crippen LogP contribution in [0.1, 0.15) is 16.7 Å². The van der Waals surface area contributed by atoms with Crippen molar-refractivity contribution in [2.75, 3.05) is 42.1 Å². The highest BCUT2D eigenvalue weighted by Gasteiger charge is 2.27. The Kier molecular flexibility index (Phi) is 5.35. The SMILES string of the molecule is Cc1ccc(NC(=O)C(=O)N2CCN(c3cccc(C)c3C)CC2)c(N)c1. The van der Waals surface area contributed by atoms with Gasteiger partial charge < -0.3 is 20.9 Å². The van der Waals surface area contributed by atoms with E-state index in [9.17, 15) is 9.59 Å². The van der Waals surface area contributed by atoms with E-state index in [1.807, 2.05) is 13.0 Å². The van der Waals surface area contributed by atoms with Crippen LogP contribution in [0.25, 0.3) is 0 Å². The number of anilines is 3. The van der Waals surface area contributed by atoms with E-state index in [0.717, 1.165) is 5.56 Å². The Morgan fingerprint density at radius 1 is 1.00 bits per heavy atom. The van der Waals surface area contributed by atoms with Crippen molar-refractivity contribution >= 4 is 28.9 Å². The molecule has 2 amide bonds. The molecule has 1 heterocycles. The Morgan fingerprint density at radius 3 is 2.37 bits per heavy atom. The Bertz CT molecular complexity index is 870. The number of aryl methyl sites for hydroxylation is 2. The molecule has 1 saturated heterocycles. The highest BCUT2D eigenvalue weighted by molar-refractivity contribution is 6.39. The molecule has 0 saturated carbocycles. The number of nitrogen functional groups attached to an aromatic ring is 1. The molecule has 6 heteroatoms. The van der Waals surface area contributed by atoms with Crippen molar-refractivity contribution in [3.8, 4) is 0 Å². The minimum atomic E-state index is -0.647. The average Bonchev–Trinajstić information content (AvgIpc) is 2.66. The van der Waals surface area contributed by atoms with E-state index >= 15 is 0 Å². The number of rotatable bonds is 2. The number of nitrogens with two attached hydrogens (primary N) is 1. The number of nitrogens with one attached hydrogen (secondary N) is 1. The van der Waals surface area contributed by atoms with Gasteiger partial charge in [-0.15, -0.1) is 0 Å². The second-order valence-corrected chi connectivity index (χ2v) is 7.04. The molecule has 0 atom stereocenters. The maximum Gasteiger partial charge on any atom is 0.313 e. The molecular formula is C21H26N4O2. The summed E-state index contributed by atoms with van der Waals surface area (Å²) in [5.41, 5.74) is 11.5. The predicted octanol–water partition coefficient (Wildman–Crippen LogP) is 2.48. The molecular weight excluding hydrogens is 340 g/mol. The number of hydrogen-bond acceptors (Lipinski definition) is 4. The minimum absolute atomic E-state index is 0.455. The number of benzene rings is 2. The fourth-order valence-electron chi connectivity index (χ4n) is 3.34. The van der Waals surface area contributed by atoms with Gasteiger partial charge >= 0.3 is 11.8 Å². The topological polar surface area (TPSA) is 78.7 Å². The molecule has 0 bridgehead atoms. The molecule has 2 aromatic rings. The van der Waals surface area contributed by atoms with E-state index < -0.39 is 11.8 Å². The van der Waals surface area contributed by atoms with Gasteiger partial charge in [-0.05, 0) is 55.7 Å². The molecule has 6 nitrogen and oxygen atoms in total. The lowest BCUT2D eigenvalue weighted by Gasteiger charge is -2.36. The zero-order valence-electron chi connectivity index (χ0n) is 16.1. The fourth-order valence-corrected chi connectivity index (χ4v) is 3.34. The van der Waals surface area contributed by atoms with Crippen LogP contribution in [0.3, 0.4) is 0 Å². The van der Waals surface area contributed by atoms with Crippen LogP contribution < -0.4 is 16.0 Å². The van der Waals surface area contributed by atoms with Crippen LogP contribution in [-0.4, -0.2) is 42.9 Å². The van der Waals surface area contributed by atoms with Gasteiger partial charge in [0, 0.05) is 31.9 Å². The van der Waals surface area contributed by atoms with Crippen LogP contribution in [0.2, 0.25) is 0 Å². The third kappa shape index (κ3) is 4.05. The van der Waals surface area contributed by atoms with E-state index in [1.54, 1.807) is 17.0 Å². The number of piperazine rings is 1. The van der Waals surface area contributed by atoms with Gasteiger partial charge in [0.1, 0.15) is 0 Å². The van der Waals surface area contributed by atoms with E-state index in [1.165, 1.54) is 16.8 Å². The third-order valence-corrected chi connectivity index (χ3v) is 5.13. The van der Waals surface area contributed by atoms with Crippen LogP contribution in [0.15, 0.2) is 36.4 Å². The molecule has 2 aromatic carbocycles. The van der Waals surface area contributed by atoms with Crippen LogP contribution in [-0.2, 0) is 9.59 Å². The normalized spacial score (nSPS) is 14.2. The molecule has 1 fully saturated rings. The van der Waals surface area contributed by atoms with Crippen molar-refractivity contribution in [2.45, 2.75) is 20.8 Å². The highest BCUT2D eigenvalue weighted by atomic mass is 16.2. The van der Waals surface area contributed by atoms with Crippen molar-refractivity contribution in [2.24, 2.45) is 0 Å². The first-order valence-corrected chi connectivity index (χ1v) is 9.14. The van der Waals surface area contributed by atoms with Crippen molar-refractivity contribution in [3.05, 3.63) is 53.1 Å². The number of carbonyl (C=O) groups is 2. The quantitative estimate of drug-likeness (QED) is 0.632. The van der Waals surface area contributed by atoms with Crippen LogP contribution >= 0.6 is 0 Å². The number of amides is 2. The predicted molar refractivity (Wildman–Crippen MR) is 109 cm³/mol. The monoisotopic (exact) mass is 366 g/mol. The van der Waals surface area contributed by atoms with Gasteiger partial charge in [0.2, 0.25) is 0 Å². The summed E-state index contributed by atoms with van der Waals surface area (Å²) in [7, 11) is 0. The second kappa shape index (κ2) is 7.70. The molecule has 0 spiro atoms. The van der Waals surface area contributed by atoms with Gasteiger partial charge in [-0.25, -0.2) is 0 Å². The smallest absolute Gasteiger partial charge is 0.313 e. The van der Waals surface area contributed by atoms with Crippen LogP contribution in [0.5, 0.6) is 0 Å². The number of nitrogens with zero attached hydrogens (tertiary/aromatic N) is 2. The lowest BCUT2D eigenvalue weighted by Crippen LogP contribution is -2.51. The van der Waals surface area contributed by atoms with Gasteiger partial charge in [0.15, 0.2) is 0 Å². The highest BCUT2D eigenvalue weighted by Crippen LogP contribution is 2.24. The summed E-state index contributed by atoms with van der Waals surface area (Å²) in [5, 5.41) is 2.63. The molecule has 27 heavy (non-hydrogen) atoms. The van der Waals surface area contributed by atoms with Crippen molar-refractivity contribution in [1.29, 1.82) is 0 Å². The Balaban J connectivity index is 1.61. The summed E-state index contributed by atoms with van der Waals surface area (Å²) >= 11 is 0. The van der Waals surface area contributed by atoms with E-state index in [-0.39, 0.29) is 0 Å². The molecule has 3 N–H and O–H groups in total. The lowest BCUT2D eigenvalue weighted by atomic mass is 10.1. The first kappa shape index (κ1) is 18.8. The van der Waals surface area contributed by atoms with Crippen LogP contribution in [0, 0.1) is 20.8 Å². The fraction of sp³-hybridized carbons (Fsp3) is 0.333. The Hall–Kier alpha value is -3.02. The number of carbonyl (C=O) groups excluding carboxylic acids is 2. The summed E-state index contributed by atoms with van der Waals surface area (Å²) in [6.07, 6.45) is 0. The van der Waals surface area contributed by atoms with Crippen molar-refractivity contribution in [1.82, 2.24) is 4.90 Å². The molecule has 0 aliphatic carbocycles. The van der Waals surface area contributed by atoms with Gasteiger partial charge in [0.25, 0.3) is 0 Å². The zero-order valence-corrected chi connectivity index (χ0v) is 16.1. The molecule has 0 radical (unpaired) electrons. The summed E-state index contributed by atoms with van der Waals surface area (Å²) in [4.78, 5) is 28.7. The van der Waals surface area contributed by atoms with Crippen LogP contribution in [0.4, 0.5) is 17.1 Å².